The van der Waals surface area contributed by atoms with Crippen LogP contribution in [0.25, 0.3) is 0 Å². The van der Waals surface area contributed by atoms with Crippen molar-refractivity contribution in [2.24, 2.45) is 0 Å². The Bertz CT molecular complexity index is 377. The van der Waals surface area contributed by atoms with E-state index in [-0.39, 0.29) is 6.10 Å². The predicted octanol–water partition coefficient (Wildman–Crippen LogP) is 1.37. The van der Waals surface area contributed by atoms with Crippen LogP contribution < -0.4 is 19.5 Å². The van der Waals surface area contributed by atoms with E-state index < -0.39 is 0 Å². The van der Waals surface area contributed by atoms with Crippen LogP contribution in [-0.2, 0) is 4.74 Å². The second-order valence-electron chi connectivity index (χ2n) is 4.01. The van der Waals surface area contributed by atoms with Crippen LogP contribution in [0.15, 0.2) is 12.1 Å². The molecule has 1 heterocycles. The number of hydrogen-bond acceptors (Lipinski definition) is 5. The van der Waals surface area contributed by atoms with Gasteiger partial charge in [0.15, 0.2) is 0 Å². The maximum absolute atomic E-state index is 5.76. The van der Waals surface area contributed by atoms with Crippen LogP contribution in [0.2, 0.25) is 0 Å². The van der Waals surface area contributed by atoms with Crippen molar-refractivity contribution in [3.05, 3.63) is 17.7 Å². The summed E-state index contributed by atoms with van der Waals surface area (Å²) in [5, 5.41) is 3.30. The Morgan fingerprint density at radius 2 is 1.78 bits per heavy atom. The van der Waals surface area contributed by atoms with Gasteiger partial charge >= 0.3 is 0 Å². The van der Waals surface area contributed by atoms with Gasteiger partial charge in [-0.15, -0.1) is 0 Å². The van der Waals surface area contributed by atoms with E-state index >= 15 is 0 Å². The lowest BCUT2D eigenvalue weighted by Crippen LogP contribution is -2.33. The first kappa shape index (κ1) is 13.0. The van der Waals surface area contributed by atoms with E-state index in [4.69, 9.17) is 18.9 Å². The van der Waals surface area contributed by atoms with Crippen LogP contribution in [0.3, 0.4) is 0 Å². The zero-order valence-electron chi connectivity index (χ0n) is 11.0. The van der Waals surface area contributed by atoms with Crippen molar-refractivity contribution in [3.8, 4) is 17.2 Å². The molecule has 1 aromatic rings. The highest BCUT2D eigenvalue weighted by atomic mass is 16.5. The minimum absolute atomic E-state index is 0.0606. The molecule has 18 heavy (non-hydrogen) atoms. The van der Waals surface area contributed by atoms with E-state index in [0.717, 1.165) is 30.2 Å². The van der Waals surface area contributed by atoms with E-state index in [1.54, 1.807) is 21.3 Å². The highest BCUT2D eigenvalue weighted by Gasteiger charge is 2.24. The van der Waals surface area contributed by atoms with E-state index in [1.807, 2.05) is 12.1 Å². The van der Waals surface area contributed by atoms with Gasteiger partial charge in [0, 0.05) is 25.2 Å². The monoisotopic (exact) mass is 253 g/mol. The number of rotatable bonds is 4. The number of methoxy groups -OCH3 is 3. The largest absolute Gasteiger partial charge is 0.496 e. The summed E-state index contributed by atoms with van der Waals surface area (Å²) in [6, 6.07) is 3.69. The Morgan fingerprint density at radius 1 is 1.11 bits per heavy atom. The molecule has 1 fully saturated rings. The van der Waals surface area contributed by atoms with Crippen LogP contribution >= 0.6 is 0 Å². The minimum Gasteiger partial charge on any atom is -0.496 e. The summed E-state index contributed by atoms with van der Waals surface area (Å²) < 4.78 is 21.8. The fourth-order valence-electron chi connectivity index (χ4n) is 2.10. The molecule has 1 unspecified atom stereocenters. The van der Waals surface area contributed by atoms with Crippen LogP contribution in [0, 0.1) is 0 Å². The topological polar surface area (TPSA) is 49.0 Å². The summed E-state index contributed by atoms with van der Waals surface area (Å²) >= 11 is 0. The average Bonchev–Trinajstić information content (AvgIpc) is 2.46. The summed E-state index contributed by atoms with van der Waals surface area (Å²) in [7, 11) is 4.88. The Labute approximate surface area is 107 Å². The molecule has 1 atom stereocenters. The van der Waals surface area contributed by atoms with Gasteiger partial charge in [0.1, 0.15) is 23.4 Å². The quantitative estimate of drug-likeness (QED) is 0.878. The first-order chi connectivity index (χ1) is 8.80. The van der Waals surface area contributed by atoms with E-state index in [9.17, 15) is 0 Å². The van der Waals surface area contributed by atoms with Gasteiger partial charge in [-0.2, -0.15) is 0 Å². The molecular weight excluding hydrogens is 234 g/mol. The zero-order chi connectivity index (χ0) is 13.0. The molecule has 0 radical (unpaired) electrons. The van der Waals surface area contributed by atoms with Crippen LogP contribution in [0.4, 0.5) is 0 Å². The van der Waals surface area contributed by atoms with Crippen molar-refractivity contribution >= 4 is 0 Å². The maximum Gasteiger partial charge on any atom is 0.132 e. The van der Waals surface area contributed by atoms with Gasteiger partial charge in [-0.1, -0.05) is 0 Å². The molecule has 0 bridgehead atoms. The smallest absolute Gasteiger partial charge is 0.132 e. The van der Waals surface area contributed by atoms with Crippen molar-refractivity contribution in [2.45, 2.75) is 6.10 Å². The first-order valence-corrected chi connectivity index (χ1v) is 5.92. The third kappa shape index (κ3) is 2.52. The van der Waals surface area contributed by atoms with Gasteiger partial charge in [-0.25, -0.2) is 0 Å². The molecule has 0 saturated carbocycles. The summed E-state index contributed by atoms with van der Waals surface area (Å²) in [5.74, 6) is 2.15. The molecule has 0 aromatic heterocycles. The Balaban J connectivity index is 2.41. The van der Waals surface area contributed by atoms with E-state index in [2.05, 4.69) is 5.32 Å². The summed E-state index contributed by atoms with van der Waals surface area (Å²) in [4.78, 5) is 0. The Kier molecular flexibility index (Phi) is 4.28. The van der Waals surface area contributed by atoms with Crippen molar-refractivity contribution in [1.29, 1.82) is 0 Å². The van der Waals surface area contributed by atoms with Crippen LogP contribution in [-0.4, -0.2) is 41.0 Å². The fraction of sp³-hybridized carbons (Fsp3) is 0.538. The lowest BCUT2D eigenvalue weighted by atomic mass is 10.1. The molecule has 1 aromatic carbocycles. The van der Waals surface area contributed by atoms with Gasteiger partial charge in [0.25, 0.3) is 0 Å². The lowest BCUT2D eigenvalue weighted by molar-refractivity contribution is 0.0247. The molecule has 1 saturated heterocycles. The molecule has 2 rings (SSSR count). The third-order valence-corrected chi connectivity index (χ3v) is 3.00. The summed E-state index contributed by atoms with van der Waals surface area (Å²) in [5.41, 5.74) is 0.924. The third-order valence-electron chi connectivity index (χ3n) is 3.00. The molecule has 5 heteroatoms. The second-order valence-corrected chi connectivity index (χ2v) is 4.01. The number of hydrogen-bond donors (Lipinski definition) is 1. The van der Waals surface area contributed by atoms with Crippen molar-refractivity contribution in [2.75, 3.05) is 41.0 Å². The molecule has 1 aliphatic rings. The Hall–Kier alpha value is -1.46. The number of benzene rings is 1. The molecule has 0 amide bonds. The summed E-state index contributed by atoms with van der Waals surface area (Å²) in [6.45, 7) is 2.30. The number of ether oxygens (including phenoxy) is 4. The maximum atomic E-state index is 5.76. The van der Waals surface area contributed by atoms with Crippen LogP contribution in [0.5, 0.6) is 17.2 Å². The molecule has 0 aliphatic carbocycles. The summed E-state index contributed by atoms with van der Waals surface area (Å²) in [6.07, 6.45) is -0.0606. The molecule has 100 valence electrons. The normalized spacial score (nSPS) is 19.4. The minimum atomic E-state index is -0.0606. The van der Waals surface area contributed by atoms with Crippen molar-refractivity contribution < 1.29 is 18.9 Å². The van der Waals surface area contributed by atoms with Crippen LogP contribution in [0.1, 0.15) is 11.7 Å². The lowest BCUT2D eigenvalue weighted by Gasteiger charge is -2.27. The Morgan fingerprint density at radius 3 is 2.22 bits per heavy atom. The van der Waals surface area contributed by atoms with Gasteiger partial charge in [0.2, 0.25) is 0 Å². The fourth-order valence-corrected chi connectivity index (χ4v) is 2.10. The highest BCUT2D eigenvalue weighted by Crippen LogP contribution is 2.39. The molecule has 1 aliphatic heterocycles. The van der Waals surface area contributed by atoms with Gasteiger partial charge in [-0.05, 0) is 0 Å². The number of morpholine rings is 1. The molecule has 1 N–H and O–H groups in total. The average molecular weight is 253 g/mol. The van der Waals surface area contributed by atoms with Crippen molar-refractivity contribution in [3.63, 3.8) is 0 Å². The van der Waals surface area contributed by atoms with Crippen molar-refractivity contribution in [1.82, 2.24) is 5.32 Å². The SMILES string of the molecule is COc1cc(OC)c(C2CNCCO2)c(OC)c1. The highest BCUT2D eigenvalue weighted by molar-refractivity contribution is 5.52. The van der Waals surface area contributed by atoms with Gasteiger partial charge in [0.05, 0.1) is 33.5 Å². The second kappa shape index (κ2) is 5.93. The van der Waals surface area contributed by atoms with E-state index in [0.29, 0.717) is 12.4 Å². The van der Waals surface area contributed by atoms with E-state index in [1.165, 1.54) is 0 Å². The van der Waals surface area contributed by atoms with Gasteiger partial charge in [-0.3, -0.25) is 0 Å². The zero-order valence-corrected chi connectivity index (χ0v) is 11.0. The molecule has 5 nitrogen and oxygen atoms in total. The first-order valence-electron chi connectivity index (χ1n) is 5.92. The van der Waals surface area contributed by atoms with Gasteiger partial charge < -0.3 is 24.3 Å². The molecule has 0 spiro atoms. The molecular formula is C13H19NO4. The number of nitrogens with one attached hydrogen (secondary N) is 1. The predicted molar refractivity (Wildman–Crippen MR) is 67.7 cm³/mol. The standard InChI is InChI=1S/C13H19NO4/c1-15-9-6-10(16-2)13(11(7-9)17-3)12-8-14-4-5-18-12/h6-7,12,14H,4-5,8H2,1-3H3.